The van der Waals surface area contributed by atoms with Crippen molar-refractivity contribution in [2.75, 3.05) is 11.9 Å². The van der Waals surface area contributed by atoms with Gasteiger partial charge in [-0.3, -0.25) is 4.98 Å². The summed E-state index contributed by atoms with van der Waals surface area (Å²) in [5.74, 6) is -1.20. The number of hydrogen-bond donors (Lipinski definition) is 1. The molecule has 0 amide bonds. The van der Waals surface area contributed by atoms with Crippen molar-refractivity contribution < 1.29 is 8.78 Å². The molecule has 1 N–H and O–H groups in total. The second-order valence-corrected chi connectivity index (χ2v) is 3.88. The highest BCUT2D eigenvalue weighted by molar-refractivity contribution is 5.61. The highest BCUT2D eigenvalue weighted by Crippen LogP contribution is 2.24. The lowest BCUT2D eigenvalue weighted by atomic mass is 10.1. The van der Waals surface area contributed by atoms with Gasteiger partial charge in [-0.25, -0.2) is 13.8 Å². The Bertz CT molecular complexity index is 570. The van der Waals surface area contributed by atoms with E-state index in [1.54, 1.807) is 0 Å². The first-order valence-electron chi connectivity index (χ1n) is 5.64. The first-order valence-corrected chi connectivity index (χ1v) is 5.64. The molecule has 0 aliphatic rings. The molecule has 0 aliphatic heterocycles. The Morgan fingerprint density at radius 2 is 1.94 bits per heavy atom. The molecule has 0 saturated carbocycles. The van der Waals surface area contributed by atoms with E-state index < -0.39 is 11.6 Å². The number of nitrogens with zero attached hydrogens (tertiary/aromatic N) is 2. The molecule has 18 heavy (non-hydrogen) atoms. The average molecular weight is 249 g/mol. The second kappa shape index (κ2) is 5.08. The molecule has 0 atom stereocenters. The SMILES string of the molecule is CCNc1cncc(-c2ccc(C)c(F)c2F)n1. The van der Waals surface area contributed by atoms with Crippen LogP contribution in [0.5, 0.6) is 0 Å². The fourth-order valence-corrected chi connectivity index (χ4v) is 1.61. The van der Waals surface area contributed by atoms with E-state index in [9.17, 15) is 8.78 Å². The summed E-state index contributed by atoms with van der Waals surface area (Å²) in [5, 5.41) is 2.97. The zero-order valence-corrected chi connectivity index (χ0v) is 10.2. The Balaban J connectivity index is 2.48. The molecular weight excluding hydrogens is 236 g/mol. The molecule has 0 unspecified atom stereocenters. The summed E-state index contributed by atoms with van der Waals surface area (Å²) < 4.78 is 27.3. The van der Waals surface area contributed by atoms with Gasteiger partial charge >= 0.3 is 0 Å². The van der Waals surface area contributed by atoms with Crippen LogP contribution < -0.4 is 5.32 Å². The van der Waals surface area contributed by atoms with Gasteiger partial charge in [-0.05, 0) is 25.5 Å². The molecule has 0 spiro atoms. The number of benzene rings is 1. The van der Waals surface area contributed by atoms with Crippen LogP contribution in [-0.2, 0) is 0 Å². The van der Waals surface area contributed by atoms with E-state index in [-0.39, 0.29) is 11.1 Å². The highest BCUT2D eigenvalue weighted by atomic mass is 19.2. The fourth-order valence-electron chi connectivity index (χ4n) is 1.61. The van der Waals surface area contributed by atoms with Crippen molar-refractivity contribution >= 4 is 5.82 Å². The largest absolute Gasteiger partial charge is 0.369 e. The summed E-state index contributed by atoms with van der Waals surface area (Å²) in [6, 6.07) is 3.03. The molecule has 2 rings (SSSR count). The minimum atomic E-state index is -0.891. The molecule has 3 nitrogen and oxygen atoms in total. The number of halogens is 2. The molecule has 1 aromatic heterocycles. The molecule has 2 aromatic rings. The van der Waals surface area contributed by atoms with Crippen LogP contribution in [-0.4, -0.2) is 16.5 Å². The lowest BCUT2D eigenvalue weighted by molar-refractivity contribution is 0.505. The van der Waals surface area contributed by atoms with Gasteiger partial charge in [0, 0.05) is 12.1 Å². The van der Waals surface area contributed by atoms with Crippen LogP contribution in [0.15, 0.2) is 24.5 Å². The average Bonchev–Trinajstić information content (AvgIpc) is 2.37. The summed E-state index contributed by atoms with van der Waals surface area (Å²) in [6.07, 6.45) is 2.95. The van der Waals surface area contributed by atoms with Gasteiger partial charge in [0.15, 0.2) is 11.6 Å². The van der Waals surface area contributed by atoms with E-state index in [1.165, 1.54) is 31.5 Å². The van der Waals surface area contributed by atoms with E-state index in [0.29, 0.717) is 18.1 Å². The number of aryl methyl sites for hydroxylation is 1. The molecule has 5 heteroatoms. The van der Waals surface area contributed by atoms with Crippen molar-refractivity contribution in [2.24, 2.45) is 0 Å². The topological polar surface area (TPSA) is 37.8 Å². The molecule has 0 fully saturated rings. The summed E-state index contributed by atoms with van der Waals surface area (Å²) in [6.45, 7) is 4.12. The van der Waals surface area contributed by atoms with Gasteiger partial charge in [-0.1, -0.05) is 6.07 Å². The zero-order chi connectivity index (χ0) is 13.1. The molecular formula is C13H13F2N3. The van der Waals surface area contributed by atoms with Crippen molar-refractivity contribution in [1.29, 1.82) is 0 Å². The van der Waals surface area contributed by atoms with Crippen LogP contribution in [0.3, 0.4) is 0 Å². The third-order valence-corrected chi connectivity index (χ3v) is 2.54. The van der Waals surface area contributed by atoms with Gasteiger partial charge in [-0.2, -0.15) is 0 Å². The molecule has 0 saturated heterocycles. The van der Waals surface area contributed by atoms with Crippen LogP contribution in [0, 0.1) is 18.6 Å². The Hall–Kier alpha value is -2.04. The molecule has 1 aromatic carbocycles. The predicted molar refractivity (Wildman–Crippen MR) is 66.3 cm³/mol. The van der Waals surface area contributed by atoms with Crippen LogP contribution in [0.1, 0.15) is 12.5 Å². The maximum Gasteiger partial charge on any atom is 0.168 e. The maximum absolute atomic E-state index is 13.8. The molecule has 0 bridgehead atoms. The molecule has 1 heterocycles. The molecule has 0 radical (unpaired) electrons. The third-order valence-electron chi connectivity index (χ3n) is 2.54. The predicted octanol–water partition coefficient (Wildman–Crippen LogP) is 3.16. The number of anilines is 1. The Morgan fingerprint density at radius 3 is 2.67 bits per heavy atom. The smallest absolute Gasteiger partial charge is 0.168 e. The minimum Gasteiger partial charge on any atom is -0.369 e. The van der Waals surface area contributed by atoms with Crippen molar-refractivity contribution in [1.82, 2.24) is 9.97 Å². The van der Waals surface area contributed by atoms with Crippen LogP contribution in [0.2, 0.25) is 0 Å². The van der Waals surface area contributed by atoms with Crippen LogP contribution in [0.25, 0.3) is 11.3 Å². The van der Waals surface area contributed by atoms with Gasteiger partial charge in [0.05, 0.1) is 18.1 Å². The zero-order valence-electron chi connectivity index (χ0n) is 10.2. The summed E-state index contributed by atoms with van der Waals surface area (Å²) in [4.78, 5) is 8.14. The summed E-state index contributed by atoms with van der Waals surface area (Å²) in [5.41, 5.74) is 0.697. The Kier molecular flexibility index (Phi) is 3.50. The lowest BCUT2D eigenvalue weighted by Crippen LogP contribution is -2.02. The van der Waals surface area contributed by atoms with Gasteiger partial charge in [-0.15, -0.1) is 0 Å². The van der Waals surface area contributed by atoms with Crippen molar-refractivity contribution in [3.63, 3.8) is 0 Å². The number of hydrogen-bond acceptors (Lipinski definition) is 3. The van der Waals surface area contributed by atoms with Crippen LogP contribution in [0.4, 0.5) is 14.6 Å². The van der Waals surface area contributed by atoms with Crippen molar-refractivity contribution in [3.05, 3.63) is 41.7 Å². The lowest BCUT2D eigenvalue weighted by Gasteiger charge is -2.07. The Morgan fingerprint density at radius 1 is 1.17 bits per heavy atom. The quantitative estimate of drug-likeness (QED) is 0.908. The maximum atomic E-state index is 13.8. The second-order valence-electron chi connectivity index (χ2n) is 3.88. The normalized spacial score (nSPS) is 10.4. The first-order chi connectivity index (χ1) is 8.63. The van der Waals surface area contributed by atoms with Gasteiger partial charge in [0.2, 0.25) is 0 Å². The number of aromatic nitrogens is 2. The Labute approximate surface area is 104 Å². The summed E-state index contributed by atoms with van der Waals surface area (Å²) >= 11 is 0. The van der Waals surface area contributed by atoms with E-state index in [0.717, 1.165) is 0 Å². The van der Waals surface area contributed by atoms with E-state index in [2.05, 4.69) is 15.3 Å². The number of nitrogens with one attached hydrogen (secondary N) is 1. The van der Waals surface area contributed by atoms with E-state index in [4.69, 9.17) is 0 Å². The van der Waals surface area contributed by atoms with Gasteiger partial charge < -0.3 is 5.32 Å². The molecule has 0 aliphatic carbocycles. The standard InChI is InChI=1S/C13H13F2N3/c1-3-17-11-7-16-6-10(18-11)9-5-4-8(2)12(14)13(9)15/h4-7H,3H2,1-2H3,(H,17,18). The first kappa shape index (κ1) is 12.4. The van der Waals surface area contributed by atoms with E-state index in [1.807, 2.05) is 6.92 Å². The van der Waals surface area contributed by atoms with Crippen molar-refractivity contribution in [3.8, 4) is 11.3 Å². The monoisotopic (exact) mass is 249 g/mol. The fraction of sp³-hybridized carbons (Fsp3) is 0.231. The van der Waals surface area contributed by atoms with Crippen LogP contribution >= 0.6 is 0 Å². The van der Waals surface area contributed by atoms with E-state index >= 15 is 0 Å². The molecule has 94 valence electrons. The highest BCUT2D eigenvalue weighted by Gasteiger charge is 2.14. The third kappa shape index (κ3) is 2.30. The summed E-state index contributed by atoms with van der Waals surface area (Å²) in [7, 11) is 0. The minimum absolute atomic E-state index is 0.116. The number of rotatable bonds is 3. The van der Waals surface area contributed by atoms with Crippen molar-refractivity contribution in [2.45, 2.75) is 13.8 Å². The van der Waals surface area contributed by atoms with Gasteiger partial charge in [0.25, 0.3) is 0 Å². The van der Waals surface area contributed by atoms with Gasteiger partial charge in [0.1, 0.15) is 5.82 Å².